The summed E-state index contributed by atoms with van der Waals surface area (Å²) >= 11 is 3.37. The predicted octanol–water partition coefficient (Wildman–Crippen LogP) is 2.10. The van der Waals surface area contributed by atoms with E-state index in [1.807, 2.05) is 24.3 Å². The summed E-state index contributed by atoms with van der Waals surface area (Å²) in [4.78, 5) is 22.4. The fourth-order valence-corrected chi connectivity index (χ4v) is 1.82. The van der Waals surface area contributed by atoms with Gasteiger partial charge in [0.05, 0.1) is 7.11 Å². The van der Waals surface area contributed by atoms with Crippen LogP contribution in [0.25, 0.3) is 0 Å². The third-order valence-electron chi connectivity index (χ3n) is 2.14. The van der Waals surface area contributed by atoms with E-state index in [0.717, 1.165) is 10.0 Å². The lowest BCUT2D eigenvalue weighted by Gasteiger charge is -2.15. The maximum absolute atomic E-state index is 11.4. The molecule has 1 rings (SSSR count). The second-order valence-electron chi connectivity index (χ2n) is 3.42. The third kappa shape index (κ3) is 4.19. The van der Waals surface area contributed by atoms with Crippen molar-refractivity contribution in [2.75, 3.05) is 7.11 Å². The summed E-state index contributed by atoms with van der Waals surface area (Å²) in [6.07, 6.45) is -0.621. The first kappa shape index (κ1) is 13.7. The summed E-state index contributed by atoms with van der Waals surface area (Å²) in [5.41, 5.74) is 0.879. The molecule has 0 saturated heterocycles. The van der Waals surface area contributed by atoms with E-state index < -0.39 is 18.0 Å². The average molecular weight is 301 g/mol. The molecule has 0 radical (unpaired) electrons. The Balaban J connectivity index is 2.82. The van der Waals surface area contributed by atoms with Gasteiger partial charge >= 0.3 is 11.9 Å². The van der Waals surface area contributed by atoms with Gasteiger partial charge in [-0.2, -0.15) is 0 Å². The van der Waals surface area contributed by atoms with Crippen LogP contribution in [-0.2, 0) is 25.5 Å². The fourth-order valence-electron chi connectivity index (χ4n) is 1.37. The number of benzene rings is 1. The van der Waals surface area contributed by atoms with Crippen LogP contribution < -0.4 is 0 Å². The van der Waals surface area contributed by atoms with Crippen molar-refractivity contribution in [2.24, 2.45) is 0 Å². The van der Waals surface area contributed by atoms with Crippen molar-refractivity contribution in [3.05, 3.63) is 34.3 Å². The number of carbonyl (C=O) groups is 2. The summed E-state index contributed by atoms with van der Waals surface area (Å²) in [6, 6.07) is 7.43. The third-order valence-corrected chi connectivity index (χ3v) is 2.91. The molecular formula is C12H13BrO4. The van der Waals surface area contributed by atoms with E-state index in [-0.39, 0.29) is 6.42 Å². The molecule has 1 aromatic rings. The zero-order valence-corrected chi connectivity index (χ0v) is 11.2. The van der Waals surface area contributed by atoms with Crippen molar-refractivity contribution in [1.29, 1.82) is 0 Å². The minimum absolute atomic E-state index is 0.285. The lowest BCUT2D eigenvalue weighted by atomic mass is 10.1. The van der Waals surface area contributed by atoms with Crippen LogP contribution in [0.1, 0.15) is 12.5 Å². The van der Waals surface area contributed by atoms with E-state index in [0.29, 0.717) is 0 Å². The Kier molecular flexibility index (Phi) is 5.15. The first-order valence-corrected chi connectivity index (χ1v) is 5.82. The van der Waals surface area contributed by atoms with Gasteiger partial charge in [-0.05, 0) is 11.6 Å². The summed E-state index contributed by atoms with van der Waals surface area (Å²) < 4.78 is 10.4. The maximum Gasteiger partial charge on any atom is 0.347 e. The van der Waals surface area contributed by atoms with Crippen LogP contribution in [0.5, 0.6) is 0 Å². The second-order valence-corrected chi connectivity index (χ2v) is 4.27. The monoisotopic (exact) mass is 300 g/mol. The number of esters is 2. The van der Waals surface area contributed by atoms with Gasteiger partial charge in [-0.3, -0.25) is 4.79 Å². The Morgan fingerprint density at radius 2 is 2.00 bits per heavy atom. The molecule has 0 spiro atoms. The van der Waals surface area contributed by atoms with Crippen LogP contribution >= 0.6 is 15.9 Å². The molecule has 0 bridgehead atoms. The smallest absolute Gasteiger partial charge is 0.347 e. The standard InChI is InChI=1S/C12H13BrO4/c1-8(14)17-11(12(15)16-2)7-9-5-3-4-6-10(9)13/h3-6,11H,7H2,1-2H3/t11-/m0/s1. The van der Waals surface area contributed by atoms with Crippen molar-refractivity contribution >= 4 is 27.9 Å². The van der Waals surface area contributed by atoms with E-state index in [9.17, 15) is 9.59 Å². The van der Waals surface area contributed by atoms with E-state index >= 15 is 0 Å². The van der Waals surface area contributed by atoms with Crippen molar-refractivity contribution in [3.63, 3.8) is 0 Å². The van der Waals surface area contributed by atoms with Crippen molar-refractivity contribution in [2.45, 2.75) is 19.4 Å². The highest BCUT2D eigenvalue weighted by Crippen LogP contribution is 2.18. The lowest BCUT2D eigenvalue weighted by Crippen LogP contribution is -2.29. The van der Waals surface area contributed by atoms with Gasteiger partial charge in [-0.25, -0.2) is 4.79 Å². The Morgan fingerprint density at radius 1 is 1.35 bits per heavy atom. The molecule has 1 atom stereocenters. The molecule has 4 nitrogen and oxygen atoms in total. The highest BCUT2D eigenvalue weighted by atomic mass is 79.9. The largest absolute Gasteiger partial charge is 0.466 e. The molecule has 0 aliphatic heterocycles. The van der Waals surface area contributed by atoms with Gasteiger partial charge in [0.2, 0.25) is 6.10 Å². The number of rotatable bonds is 4. The van der Waals surface area contributed by atoms with Crippen LogP contribution in [-0.4, -0.2) is 25.2 Å². The lowest BCUT2D eigenvalue weighted by molar-refractivity contribution is -0.164. The van der Waals surface area contributed by atoms with Gasteiger partial charge in [-0.1, -0.05) is 34.1 Å². The first-order valence-electron chi connectivity index (χ1n) is 5.03. The summed E-state index contributed by atoms with van der Waals surface area (Å²) in [5, 5.41) is 0. The zero-order chi connectivity index (χ0) is 12.8. The van der Waals surface area contributed by atoms with Crippen LogP contribution in [0, 0.1) is 0 Å². The molecular weight excluding hydrogens is 288 g/mol. The number of methoxy groups -OCH3 is 1. The fraction of sp³-hybridized carbons (Fsp3) is 0.333. The molecule has 0 fully saturated rings. The molecule has 0 N–H and O–H groups in total. The normalized spacial score (nSPS) is 11.7. The SMILES string of the molecule is COC(=O)[C@H](Cc1ccccc1Br)OC(C)=O. The Labute approximate surface area is 108 Å². The Bertz CT molecular complexity index is 417. The van der Waals surface area contributed by atoms with Gasteiger partial charge in [-0.15, -0.1) is 0 Å². The average Bonchev–Trinajstić information content (AvgIpc) is 2.29. The molecule has 0 aromatic heterocycles. The summed E-state index contributed by atoms with van der Waals surface area (Å²) in [6.45, 7) is 1.26. The molecule has 0 amide bonds. The van der Waals surface area contributed by atoms with Gasteiger partial charge in [0.1, 0.15) is 0 Å². The van der Waals surface area contributed by atoms with E-state index in [1.54, 1.807) is 0 Å². The molecule has 1 aromatic carbocycles. The first-order chi connectivity index (χ1) is 8.04. The maximum atomic E-state index is 11.4. The quantitative estimate of drug-likeness (QED) is 0.799. The predicted molar refractivity (Wildman–Crippen MR) is 65.4 cm³/mol. The molecule has 92 valence electrons. The molecule has 0 aliphatic carbocycles. The van der Waals surface area contributed by atoms with Crippen LogP contribution in [0.4, 0.5) is 0 Å². The van der Waals surface area contributed by atoms with E-state index in [1.165, 1.54) is 14.0 Å². The Hall–Kier alpha value is -1.36. The second kappa shape index (κ2) is 6.39. The molecule has 5 heteroatoms. The Morgan fingerprint density at radius 3 is 2.53 bits per heavy atom. The van der Waals surface area contributed by atoms with Gasteiger partial charge in [0.15, 0.2) is 0 Å². The number of halogens is 1. The molecule has 17 heavy (non-hydrogen) atoms. The minimum atomic E-state index is -0.906. The number of ether oxygens (including phenoxy) is 2. The number of hydrogen-bond donors (Lipinski definition) is 0. The number of hydrogen-bond acceptors (Lipinski definition) is 4. The van der Waals surface area contributed by atoms with E-state index in [2.05, 4.69) is 20.7 Å². The van der Waals surface area contributed by atoms with Crippen molar-refractivity contribution in [3.8, 4) is 0 Å². The highest BCUT2D eigenvalue weighted by Gasteiger charge is 2.23. The van der Waals surface area contributed by atoms with Crippen LogP contribution in [0.3, 0.4) is 0 Å². The van der Waals surface area contributed by atoms with Gasteiger partial charge in [0.25, 0.3) is 0 Å². The summed E-state index contributed by atoms with van der Waals surface area (Å²) in [7, 11) is 1.26. The van der Waals surface area contributed by atoms with Crippen molar-refractivity contribution < 1.29 is 19.1 Å². The molecule has 0 aliphatic rings. The van der Waals surface area contributed by atoms with E-state index in [4.69, 9.17) is 4.74 Å². The van der Waals surface area contributed by atoms with Crippen LogP contribution in [0.2, 0.25) is 0 Å². The van der Waals surface area contributed by atoms with Crippen LogP contribution in [0.15, 0.2) is 28.7 Å². The molecule has 0 saturated carbocycles. The minimum Gasteiger partial charge on any atom is -0.466 e. The highest BCUT2D eigenvalue weighted by molar-refractivity contribution is 9.10. The summed E-state index contributed by atoms with van der Waals surface area (Å²) in [5.74, 6) is -1.07. The molecule has 0 heterocycles. The van der Waals surface area contributed by atoms with Gasteiger partial charge < -0.3 is 9.47 Å². The van der Waals surface area contributed by atoms with Gasteiger partial charge in [0, 0.05) is 17.8 Å². The molecule has 0 unspecified atom stereocenters. The topological polar surface area (TPSA) is 52.6 Å². The van der Waals surface area contributed by atoms with Crippen molar-refractivity contribution in [1.82, 2.24) is 0 Å². The zero-order valence-electron chi connectivity index (χ0n) is 9.60. The number of carbonyl (C=O) groups excluding carboxylic acids is 2.